The maximum atomic E-state index is 13.2. The zero-order valence-electron chi connectivity index (χ0n) is 18.5. The van der Waals surface area contributed by atoms with Crippen molar-refractivity contribution in [1.82, 2.24) is 15.1 Å². The molecule has 4 rings (SSSR count). The maximum absolute atomic E-state index is 13.2. The summed E-state index contributed by atoms with van der Waals surface area (Å²) in [5.74, 6) is 0.307. The quantitative estimate of drug-likeness (QED) is 0.181. The molecule has 0 aliphatic carbocycles. The SMILES string of the molecule is N#CNC(=Nc1c(Cl)cccc1Cl)N1CCN(C(=O)Nc2ccc(Cl)cc2)C(c2ccccc2)C1. The molecule has 1 fully saturated rings. The number of halogens is 3. The number of hydrogen-bond acceptors (Lipinski definition) is 3. The average molecular weight is 528 g/mol. The molecule has 1 aliphatic rings. The second kappa shape index (κ2) is 11.3. The van der Waals surface area contributed by atoms with E-state index in [2.05, 4.69) is 15.6 Å². The summed E-state index contributed by atoms with van der Waals surface area (Å²) in [7, 11) is 0. The Bertz CT molecular complexity index is 1240. The fourth-order valence-electron chi connectivity index (χ4n) is 3.84. The standard InChI is InChI=1S/C25H21Cl3N6O/c26-18-9-11-19(12-10-18)31-25(35)34-14-13-33(15-22(34)17-5-2-1-3-6-17)24(30-16-29)32-23-20(27)7-4-8-21(23)28/h1-12,22H,13-15H2,(H,30,32)(H,31,35). The molecule has 10 heteroatoms. The molecule has 1 saturated heterocycles. The number of hydrogen-bond donors (Lipinski definition) is 2. The van der Waals surface area contributed by atoms with Crippen LogP contribution in [0.15, 0.2) is 77.8 Å². The minimum absolute atomic E-state index is 0.235. The number of anilines is 1. The fourth-order valence-corrected chi connectivity index (χ4v) is 4.44. The molecule has 1 heterocycles. The van der Waals surface area contributed by atoms with Crippen molar-refractivity contribution in [1.29, 1.82) is 5.26 Å². The monoisotopic (exact) mass is 526 g/mol. The summed E-state index contributed by atoms with van der Waals surface area (Å²) in [6.45, 7) is 1.22. The highest BCUT2D eigenvalue weighted by molar-refractivity contribution is 6.38. The number of aliphatic imine (C=N–C) groups is 1. The zero-order chi connectivity index (χ0) is 24.8. The second-order valence-corrected chi connectivity index (χ2v) is 9.00. The Morgan fingerprint density at radius 2 is 1.63 bits per heavy atom. The van der Waals surface area contributed by atoms with Crippen LogP contribution in [0.5, 0.6) is 0 Å². The number of carbonyl (C=O) groups excluding carboxylic acids is 1. The number of amides is 2. The molecule has 2 amide bonds. The number of piperazine rings is 1. The van der Waals surface area contributed by atoms with Crippen molar-refractivity contribution in [2.24, 2.45) is 4.99 Å². The molecule has 178 valence electrons. The maximum Gasteiger partial charge on any atom is 0.322 e. The van der Waals surface area contributed by atoms with Gasteiger partial charge < -0.3 is 15.1 Å². The van der Waals surface area contributed by atoms with Gasteiger partial charge in [0.05, 0.1) is 16.1 Å². The minimum Gasteiger partial charge on any atom is -0.338 e. The molecule has 0 saturated carbocycles. The normalized spacial score (nSPS) is 15.9. The van der Waals surface area contributed by atoms with E-state index in [1.807, 2.05) is 41.4 Å². The lowest BCUT2D eigenvalue weighted by Crippen LogP contribution is -2.55. The van der Waals surface area contributed by atoms with Gasteiger partial charge in [-0.2, -0.15) is 5.26 Å². The van der Waals surface area contributed by atoms with E-state index in [4.69, 9.17) is 34.8 Å². The van der Waals surface area contributed by atoms with E-state index < -0.39 is 0 Å². The first kappa shape index (κ1) is 24.7. The summed E-state index contributed by atoms with van der Waals surface area (Å²) < 4.78 is 0. The van der Waals surface area contributed by atoms with Crippen LogP contribution in [-0.4, -0.2) is 41.4 Å². The topological polar surface area (TPSA) is 83.8 Å². The highest BCUT2D eigenvalue weighted by Crippen LogP contribution is 2.33. The van der Waals surface area contributed by atoms with Crippen molar-refractivity contribution in [3.63, 3.8) is 0 Å². The van der Waals surface area contributed by atoms with Crippen LogP contribution in [0, 0.1) is 11.5 Å². The number of urea groups is 1. The molecular weight excluding hydrogens is 507 g/mol. The van der Waals surface area contributed by atoms with Gasteiger partial charge in [-0.25, -0.2) is 9.79 Å². The third-order valence-corrected chi connectivity index (χ3v) is 6.41. The van der Waals surface area contributed by atoms with Crippen molar-refractivity contribution in [2.45, 2.75) is 6.04 Å². The Balaban J connectivity index is 1.62. The number of para-hydroxylation sites is 1. The molecular formula is C25H21Cl3N6O. The lowest BCUT2D eigenvalue weighted by Gasteiger charge is -2.42. The van der Waals surface area contributed by atoms with Gasteiger partial charge in [-0.15, -0.1) is 0 Å². The van der Waals surface area contributed by atoms with Gasteiger partial charge in [0.25, 0.3) is 0 Å². The van der Waals surface area contributed by atoms with Crippen LogP contribution in [0.2, 0.25) is 15.1 Å². The molecule has 0 radical (unpaired) electrons. The van der Waals surface area contributed by atoms with E-state index in [1.165, 1.54) is 0 Å². The molecule has 2 N–H and O–H groups in total. The smallest absolute Gasteiger partial charge is 0.322 e. The summed E-state index contributed by atoms with van der Waals surface area (Å²) in [4.78, 5) is 21.5. The van der Waals surface area contributed by atoms with Gasteiger partial charge in [-0.1, -0.05) is 71.2 Å². The van der Waals surface area contributed by atoms with Crippen LogP contribution in [0.1, 0.15) is 11.6 Å². The van der Waals surface area contributed by atoms with Crippen LogP contribution in [0.4, 0.5) is 16.2 Å². The van der Waals surface area contributed by atoms with Crippen molar-refractivity contribution < 1.29 is 4.79 Å². The Morgan fingerprint density at radius 1 is 0.943 bits per heavy atom. The lowest BCUT2D eigenvalue weighted by atomic mass is 10.0. The Labute approximate surface area is 218 Å². The highest BCUT2D eigenvalue weighted by Gasteiger charge is 2.33. The first-order valence-corrected chi connectivity index (χ1v) is 11.9. The molecule has 3 aromatic carbocycles. The van der Waals surface area contributed by atoms with Crippen LogP contribution in [-0.2, 0) is 0 Å². The van der Waals surface area contributed by atoms with Crippen molar-refractivity contribution in [3.8, 4) is 6.19 Å². The van der Waals surface area contributed by atoms with Gasteiger partial charge >= 0.3 is 6.03 Å². The van der Waals surface area contributed by atoms with E-state index in [0.29, 0.717) is 52.0 Å². The van der Waals surface area contributed by atoms with E-state index in [-0.39, 0.29) is 12.1 Å². The average Bonchev–Trinajstić information content (AvgIpc) is 2.87. The molecule has 0 bridgehead atoms. The number of rotatable bonds is 3. The first-order chi connectivity index (χ1) is 17.0. The van der Waals surface area contributed by atoms with E-state index >= 15 is 0 Å². The number of carbonyl (C=O) groups is 1. The summed E-state index contributed by atoms with van der Waals surface area (Å²) in [5.41, 5.74) is 1.97. The second-order valence-electron chi connectivity index (χ2n) is 7.75. The van der Waals surface area contributed by atoms with E-state index in [0.717, 1.165) is 5.56 Å². The van der Waals surface area contributed by atoms with Crippen molar-refractivity contribution in [3.05, 3.63) is 93.4 Å². The molecule has 1 atom stereocenters. The van der Waals surface area contributed by atoms with Crippen LogP contribution in [0.25, 0.3) is 0 Å². The Hall–Kier alpha value is -3.44. The number of nitrogens with zero attached hydrogens (tertiary/aromatic N) is 4. The van der Waals surface area contributed by atoms with Gasteiger partial charge in [0.15, 0.2) is 6.19 Å². The predicted molar refractivity (Wildman–Crippen MR) is 140 cm³/mol. The molecule has 0 aromatic heterocycles. The van der Waals surface area contributed by atoms with Gasteiger partial charge in [-0.3, -0.25) is 5.32 Å². The largest absolute Gasteiger partial charge is 0.338 e. The van der Waals surface area contributed by atoms with Gasteiger partial charge in [0, 0.05) is 30.3 Å². The van der Waals surface area contributed by atoms with Gasteiger partial charge in [0.1, 0.15) is 5.69 Å². The van der Waals surface area contributed by atoms with Gasteiger partial charge in [0.2, 0.25) is 5.96 Å². The first-order valence-electron chi connectivity index (χ1n) is 10.8. The molecule has 0 spiro atoms. The van der Waals surface area contributed by atoms with E-state index in [1.54, 1.807) is 47.4 Å². The van der Waals surface area contributed by atoms with Crippen molar-refractivity contribution in [2.75, 3.05) is 25.0 Å². The molecule has 1 unspecified atom stereocenters. The lowest BCUT2D eigenvalue weighted by molar-refractivity contribution is 0.135. The summed E-state index contributed by atoms with van der Waals surface area (Å²) in [5, 5.41) is 16.3. The third-order valence-electron chi connectivity index (χ3n) is 5.54. The molecule has 3 aromatic rings. The number of guanidine groups is 1. The molecule has 7 nitrogen and oxygen atoms in total. The summed E-state index contributed by atoms with van der Waals surface area (Å²) in [6.07, 6.45) is 1.94. The Morgan fingerprint density at radius 3 is 2.29 bits per heavy atom. The fraction of sp³-hybridized carbons (Fsp3) is 0.160. The van der Waals surface area contributed by atoms with Crippen LogP contribution in [0.3, 0.4) is 0 Å². The minimum atomic E-state index is -0.301. The Kier molecular flexibility index (Phi) is 7.98. The summed E-state index contributed by atoms with van der Waals surface area (Å²) in [6, 6.07) is 21.2. The number of nitrogens with one attached hydrogen (secondary N) is 2. The highest BCUT2D eigenvalue weighted by atomic mass is 35.5. The van der Waals surface area contributed by atoms with Crippen LogP contribution < -0.4 is 10.6 Å². The molecule has 35 heavy (non-hydrogen) atoms. The predicted octanol–water partition coefficient (Wildman–Crippen LogP) is 6.30. The number of benzene rings is 3. The zero-order valence-corrected chi connectivity index (χ0v) is 20.7. The third kappa shape index (κ3) is 5.98. The summed E-state index contributed by atoms with van der Waals surface area (Å²) >= 11 is 18.6. The van der Waals surface area contributed by atoms with Crippen LogP contribution >= 0.6 is 34.8 Å². The number of nitriles is 1. The van der Waals surface area contributed by atoms with E-state index in [9.17, 15) is 10.1 Å². The van der Waals surface area contributed by atoms with Gasteiger partial charge in [-0.05, 0) is 42.0 Å². The van der Waals surface area contributed by atoms with Crippen molar-refractivity contribution >= 4 is 58.2 Å². The molecule has 1 aliphatic heterocycles.